The maximum atomic E-state index is 13.0. The number of hydrogen-bond acceptors (Lipinski definition) is 4. The van der Waals surface area contributed by atoms with E-state index >= 15 is 0 Å². The van der Waals surface area contributed by atoms with E-state index in [1.807, 2.05) is 30.3 Å². The van der Waals surface area contributed by atoms with Crippen molar-refractivity contribution in [2.75, 3.05) is 13.1 Å². The van der Waals surface area contributed by atoms with E-state index < -0.39 is 0 Å². The number of nitrogens with one attached hydrogen (secondary N) is 1. The molecule has 3 rings (SSSR count). The third-order valence-electron chi connectivity index (χ3n) is 4.62. The van der Waals surface area contributed by atoms with E-state index in [0.29, 0.717) is 24.6 Å². The molecule has 0 aliphatic carbocycles. The molecule has 0 saturated heterocycles. The molecule has 160 valence electrons. The van der Waals surface area contributed by atoms with Gasteiger partial charge in [0, 0.05) is 30.9 Å². The molecule has 1 N–H and O–H groups in total. The summed E-state index contributed by atoms with van der Waals surface area (Å²) in [6, 6.07) is 18.7. The molecule has 31 heavy (non-hydrogen) atoms. The van der Waals surface area contributed by atoms with Crippen molar-refractivity contribution < 1.29 is 18.7 Å². The van der Waals surface area contributed by atoms with Crippen molar-refractivity contribution in [1.29, 1.82) is 0 Å². The first-order valence-electron chi connectivity index (χ1n) is 9.98. The SMILES string of the molecule is CCN(CC(=O)NCc1ccc(F)cc1)C(=O)c1ccnc(OCc2ccccc2)c1. The molecule has 0 aliphatic heterocycles. The van der Waals surface area contributed by atoms with E-state index in [-0.39, 0.29) is 30.7 Å². The van der Waals surface area contributed by atoms with Crippen LogP contribution in [0.25, 0.3) is 0 Å². The van der Waals surface area contributed by atoms with Gasteiger partial charge in [0.1, 0.15) is 12.4 Å². The highest BCUT2D eigenvalue weighted by Gasteiger charge is 2.18. The van der Waals surface area contributed by atoms with Gasteiger partial charge in [0.15, 0.2) is 0 Å². The summed E-state index contributed by atoms with van der Waals surface area (Å²) in [5.74, 6) is -0.575. The van der Waals surface area contributed by atoms with Crippen molar-refractivity contribution in [1.82, 2.24) is 15.2 Å². The maximum absolute atomic E-state index is 13.0. The van der Waals surface area contributed by atoms with Crippen LogP contribution in [0.4, 0.5) is 4.39 Å². The minimum absolute atomic E-state index is 0.0843. The van der Waals surface area contributed by atoms with Gasteiger partial charge in [-0.25, -0.2) is 9.37 Å². The number of likely N-dealkylation sites (N-methyl/N-ethyl adjacent to an activating group) is 1. The number of hydrogen-bond donors (Lipinski definition) is 1. The number of pyridine rings is 1. The molecule has 0 aliphatic rings. The molecule has 0 unspecified atom stereocenters. The van der Waals surface area contributed by atoms with Crippen molar-refractivity contribution in [3.8, 4) is 5.88 Å². The van der Waals surface area contributed by atoms with Crippen LogP contribution in [0.1, 0.15) is 28.4 Å². The van der Waals surface area contributed by atoms with Gasteiger partial charge in [-0.3, -0.25) is 9.59 Å². The van der Waals surface area contributed by atoms with Gasteiger partial charge in [0.25, 0.3) is 5.91 Å². The quantitative estimate of drug-likeness (QED) is 0.573. The summed E-state index contributed by atoms with van der Waals surface area (Å²) >= 11 is 0. The number of carbonyl (C=O) groups excluding carboxylic acids is 2. The minimum Gasteiger partial charge on any atom is -0.473 e. The summed E-state index contributed by atoms with van der Waals surface area (Å²) in [5.41, 5.74) is 2.17. The number of carbonyl (C=O) groups is 2. The smallest absolute Gasteiger partial charge is 0.254 e. The summed E-state index contributed by atoms with van der Waals surface area (Å²) < 4.78 is 18.7. The van der Waals surface area contributed by atoms with Crippen LogP contribution < -0.4 is 10.1 Å². The summed E-state index contributed by atoms with van der Waals surface area (Å²) in [4.78, 5) is 30.8. The molecule has 7 heteroatoms. The number of halogens is 1. The zero-order valence-electron chi connectivity index (χ0n) is 17.3. The number of ether oxygens (including phenoxy) is 1. The van der Waals surface area contributed by atoms with Crippen LogP contribution in [-0.2, 0) is 17.9 Å². The highest BCUT2D eigenvalue weighted by molar-refractivity contribution is 5.96. The lowest BCUT2D eigenvalue weighted by atomic mass is 10.2. The number of benzene rings is 2. The summed E-state index contributed by atoms with van der Waals surface area (Å²) in [7, 11) is 0. The molecule has 0 saturated carbocycles. The molecule has 1 heterocycles. The lowest BCUT2D eigenvalue weighted by Gasteiger charge is -2.20. The Bertz CT molecular complexity index is 1010. The number of rotatable bonds is 9. The van der Waals surface area contributed by atoms with Crippen LogP contribution in [0, 0.1) is 5.82 Å². The Morgan fingerprint density at radius 3 is 2.48 bits per heavy atom. The van der Waals surface area contributed by atoms with Gasteiger partial charge in [-0.15, -0.1) is 0 Å². The van der Waals surface area contributed by atoms with E-state index in [4.69, 9.17) is 4.74 Å². The fourth-order valence-electron chi connectivity index (χ4n) is 2.89. The lowest BCUT2D eigenvalue weighted by molar-refractivity contribution is -0.121. The molecule has 0 radical (unpaired) electrons. The molecule has 6 nitrogen and oxygen atoms in total. The minimum atomic E-state index is -0.331. The molecule has 0 atom stereocenters. The molecule has 3 aromatic rings. The molecular formula is C24H24FN3O3. The normalized spacial score (nSPS) is 10.4. The van der Waals surface area contributed by atoms with Crippen LogP contribution in [0.3, 0.4) is 0 Å². The molecule has 2 amide bonds. The standard InChI is InChI=1S/C24H24FN3O3/c1-2-28(16-22(29)27-15-18-8-10-21(25)11-9-18)24(30)20-12-13-26-23(14-20)31-17-19-6-4-3-5-7-19/h3-14H,2,15-17H2,1H3,(H,27,29). The van der Waals surface area contributed by atoms with Crippen LogP contribution in [0.5, 0.6) is 5.88 Å². The predicted molar refractivity (Wildman–Crippen MR) is 115 cm³/mol. The maximum Gasteiger partial charge on any atom is 0.254 e. The molecule has 1 aromatic heterocycles. The van der Waals surface area contributed by atoms with E-state index in [1.54, 1.807) is 31.2 Å². The molecule has 0 spiro atoms. The lowest BCUT2D eigenvalue weighted by Crippen LogP contribution is -2.40. The van der Waals surface area contributed by atoms with E-state index in [2.05, 4.69) is 10.3 Å². The largest absolute Gasteiger partial charge is 0.473 e. The fraction of sp³-hybridized carbons (Fsp3) is 0.208. The Balaban J connectivity index is 1.56. The van der Waals surface area contributed by atoms with E-state index in [1.165, 1.54) is 23.2 Å². The summed E-state index contributed by atoms with van der Waals surface area (Å²) in [5, 5.41) is 2.75. The average molecular weight is 421 g/mol. The predicted octanol–water partition coefficient (Wildman–Crippen LogP) is 3.58. The van der Waals surface area contributed by atoms with Gasteiger partial charge < -0.3 is 15.0 Å². The van der Waals surface area contributed by atoms with Crippen LogP contribution in [-0.4, -0.2) is 34.8 Å². The first-order valence-corrected chi connectivity index (χ1v) is 9.98. The Morgan fingerprint density at radius 2 is 1.77 bits per heavy atom. The third kappa shape index (κ3) is 6.64. The molecule has 0 fully saturated rings. The Kier molecular flexibility index (Phi) is 7.70. The zero-order valence-corrected chi connectivity index (χ0v) is 17.3. The summed E-state index contributed by atoms with van der Waals surface area (Å²) in [6.07, 6.45) is 1.51. The second kappa shape index (κ2) is 10.9. The number of nitrogens with zero attached hydrogens (tertiary/aromatic N) is 2. The average Bonchev–Trinajstić information content (AvgIpc) is 2.81. The van der Waals surface area contributed by atoms with Crippen LogP contribution >= 0.6 is 0 Å². The Hall–Kier alpha value is -3.74. The van der Waals surface area contributed by atoms with Crippen LogP contribution in [0.2, 0.25) is 0 Å². The molecule has 2 aromatic carbocycles. The van der Waals surface area contributed by atoms with Crippen molar-refractivity contribution in [2.24, 2.45) is 0 Å². The second-order valence-corrected chi connectivity index (χ2v) is 6.88. The van der Waals surface area contributed by atoms with Crippen molar-refractivity contribution in [2.45, 2.75) is 20.1 Å². The highest BCUT2D eigenvalue weighted by atomic mass is 19.1. The van der Waals surface area contributed by atoms with Gasteiger partial charge in [-0.05, 0) is 36.2 Å². The monoisotopic (exact) mass is 421 g/mol. The Labute approximate surface area is 180 Å². The molecular weight excluding hydrogens is 397 g/mol. The number of amides is 2. The Morgan fingerprint density at radius 1 is 1.03 bits per heavy atom. The first-order chi connectivity index (χ1) is 15.0. The van der Waals surface area contributed by atoms with E-state index in [0.717, 1.165) is 11.1 Å². The first kappa shape index (κ1) is 22.0. The van der Waals surface area contributed by atoms with Gasteiger partial charge in [0.05, 0.1) is 6.54 Å². The van der Waals surface area contributed by atoms with Gasteiger partial charge in [-0.2, -0.15) is 0 Å². The number of aromatic nitrogens is 1. The zero-order chi connectivity index (χ0) is 22.1. The van der Waals surface area contributed by atoms with Crippen LogP contribution in [0.15, 0.2) is 72.9 Å². The third-order valence-corrected chi connectivity index (χ3v) is 4.62. The topological polar surface area (TPSA) is 71.5 Å². The van der Waals surface area contributed by atoms with Crippen molar-refractivity contribution in [3.63, 3.8) is 0 Å². The van der Waals surface area contributed by atoms with Crippen molar-refractivity contribution in [3.05, 3.63) is 95.4 Å². The molecule has 0 bridgehead atoms. The highest BCUT2D eigenvalue weighted by Crippen LogP contribution is 2.14. The van der Waals surface area contributed by atoms with Crippen molar-refractivity contribution >= 4 is 11.8 Å². The fourth-order valence-corrected chi connectivity index (χ4v) is 2.89. The summed E-state index contributed by atoms with van der Waals surface area (Å²) in [6.45, 7) is 2.69. The van der Waals surface area contributed by atoms with E-state index in [9.17, 15) is 14.0 Å². The van der Waals surface area contributed by atoms with Gasteiger partial charge >= 0.3 is 0 Å². The van der Waals surface area contributed by atoms with Gasteiger partial charge in [-0.1, -0.05) is 42.5 Å². The van der Waals surface area contributed by atoms with Gasteiger partial charge in [0.2, 0.25) is 11.8 Å². The second-order valence-electron chi connectivity index (χ2n) is 6.88.